The summed E-state index contributed by atoms with van der Waals surface area (Å²) in [5.74, 6) is 0.759. The van der Waals surface area contributed by atoms with Gasteiger partial charge >= 0.3 is 0 Å². The number of nitrogens with zero attached hydrogens (tertiary/aromatic N) is 3. The van der Waals surface area contributed by atoms with E-state index in [9.17, 15) is 14.7 Å². The van der Waals surface area contributed by atoms with Crippen LogP contribution < -0.4 is 20.5 Å². The number of aryl methyl sites for hydroxylation is 1. The molecule has 0 radical (unpaired) electrons. The number of hydrogen-bond acceptors (Lipinski definition) is 8. The summed E-state index contributed by atoms with van der Waals surface area (Å²) in [5.41, 5.74) is 6.95. The number of rotatable bonds is 9. The summed E-state index contributed by atoms with van der Waals surface area (Å²) >= 11 is 1.25. The number of carbonyl (C=O) groups excluding carboxylic acids is 2. The molecule has 4 N–H and O–H groups in total. The maximum absolute atomic E-state index is 13.2. The van der Waals surface area contributed by atoms with Crippen LogP contribution in [0.2, 0.25) is 0 Å². The quantitative estimate of drug-likeness (QED) is 0.379. The summed E-state index contributed by atoms with van der Waals surface area (Å²) in [6.45, 7) is 5.42. The fourth-order valence-corrected chi connectivity index (χ4v) is 6.52. The van der Waals surface area contributed by atoms with Crippen molar-refractivity contribution in [3.63, 3.8) is 0 Å². The van der Waals surface area contributed by atoms with Crippen LogP contribution in [-0.4, -0.2) is 55.9 Å². The van der Waals surface area contributed by atoms with E-state index in [2.05, 4.69) is 15.4 Å². The first-order valence-electron chi connectivity index (χ1n) is 13.1. The second-order valence-electron chi connectivity index (χ2n) is 11.8. The van der Waals surface area contributed by atoms with Gasteiger partial charge in [0.15, 0.2) is 4.88 Å². The maximum atomic E-state index is 13.2. The first kappa shape index (κ1) is 25.1. The minimum Gasteiger partial charge on any atom is -0.489 e. The molecule has 10 nitrogen and oxygen atoms in total. The van der Waals surface area contributed by atoms with Crippen molar-refractivity contribution in [3.8, 4) is 11.6 Å². The van der Waals surface area contributed by atoms with Gasteiger partial charge in [-0.05, 0) is 76.8 Å². The largest absolute Gasteiger partial charge is 0.489 e. The summed E-state index contributed by atoms with van der Waals surface area (Å²) in [6.07, 6.45) is 7.31. The van der Waals surface area contributed by atoms with E-state index in [0.29, 0.717) is 28.0 Å². The average Bonchev–Trinajstić information content (AvgIpc) is 3.42. The number of aromatic nitrogens is 3. The SMILES string of the molecule is Cc1nc(OC2CC3(CC(NC(=O)c4cnn5c(C6CC6)c(OCC(C)(C)O)ccc45)C3)C2)c(C(N)=O)s1. The van der Waals surface area contributed by atoms with Gasteiger partial charge in [-0.25, -0.2) is 9.50 Å². The molecular formula is C27H33N5O5S. The Kier molecular flexibility index (Phi) is 5.91. The lowest BCUT2D eigenvalue weighted by atomic mass is 9.53. The molecule has 0 saturated heterocycles. The summed E-state index contributed by atoms with van der Waals surface area (Å²) in [7, 11) is 0. The molecule has 0 atom stereocenters. The smallest absolute Gasteiger partial charge is 0.264 e. The highest BCUT2D eigenvalue weighted by Crippen LogP contribution is 2.57. The standard InChI is InChI=1S/C27H33N5O5S/c1-14-30-25(22(38-14)23(28)33)37-17-10-27(11-17)8-16(9-27)31-24(34)18-12-29-32-19(18)6-7-20(21(32)15-4-5-15)36-13-26(2,3)35/h6-7,12,15-17,35H,4-5,8-11,13H2,1-3H3,(H2,28,33)(H,31,34). The third-order valence-corrected chi connectivity index (χ3v) is 8.66. The van der Waals surface area contributed by atoms with Crippen molar-refractivity contribution in [1.82, 2.24) is 19.9 Å². The van der Waals surface area contributed by atoms with Gasteiger partial charge in [0, 0.05) is 12.0 Å². The van der Waals surface area contributed by atoms with Gasteiger partial charge in [0.1, 0.15) is 18.5 Å². The highest BCUT2D eigenvalue weighted by atomic mass is 32.1. The number of nitrogens with one attached hydrogen (secondary N) is 1. The summed E-state index contributed by atoms with van der Waals surface area (Å²) in [6, 6.07) is 3.86. The first-order valence-corrected chi connectivity index (χ1v) is 13.9. The molecule has 6 rings (SSSR count). The molecule has 0 bridgehead atoms. The van der Waals surface area contributed by atoms with Crippen LogP contribution in [0.5, 0.6) is 11.6 Å². The van der Waals surface area contributed by atoms with E-state index < -0.39 is 11.5 Å². The molecule has 1 spiro atoms. The number of hydrogen-bond donors (Lipinski definition) is 3. The van der Waals surface area contributed by atoms with E-state index in [0.717, 1.165) is 54.7 Å². The molecule has 3 saturated carbocycles. The molecule has 0 aromatic carbocycles. The Morgan fingerprint density at radius 1 is 1.26 bits per heavy atom. The minimum absolute atomic E-state index is 0.0135. The third kappa shape index (κ3) is 4.73. The number of nitrogens with two attached hydrogens (primary N) is 1. The number of pyridine rings is 1. The van der Waals surface area contributed by atoms with Crippen LogP contribution in [0.3, 0.4) is 0 Å². The number of ether oxygens (including phenoxy) is 2. The second kappa shape index (κ2) is 8.94. The van der Waals surface area contributed by atoms with E-state index in [1.165, 1.54) is 11.3 Å². The lowest BCUT2D eigenvalue weighted by Gasteiger charge is -2.57. The molecular weight excluding hydrogens is 506 g/mol. The van der Waals surface area contributed by atoms with Crippen LogP contribution in [0, 0.1) is 12.3 Å². The highest BCUT2D eigenvalue weighted by molar-refractivity contribution is 7.13. The van der Waals surface area contributed by atoms with E-state index >= 15 is 0 Å². The number of amides is 2. The van der Waals surface area contributed by atoms with Crippen LogP contribution >= 0.6 is 11.3 Å². The number of primary amides is 1. The Labute approximate surface area is 224 Å². The van der Waals surface area contributed by atoms with Crippen molar-refractivity contribution in [2.24, 2.45) is 11.1 Å². The highest BCUT2D eigenvalue weighted by Gasteiger charge is 2.54. The normalized spacial score (nSPS) is 24.6. The Hall–Kier alpha value is -3.18. The molecule has 2 amide bonds. The van der Waals surface area contributed by atoms with E-state index in [1.807, 2.05) is 23.6 Å². The molecule has 3 heterocycles. The van der Waals surface area contributed by atoms with Gasteiger partial charge in [-0.1, -0.05) is 0 Å². The molecule has 3 aliphatic carbocycles. The lowest BCUT2D eigenvalue weighted by Crippen LogP contribution is -2.58. The van der Waals surface area contributed by atoms with Gasteiger partial charge in [-0.3, -0.25) is 9.59 Å². The molecule has 3 fully saturated rings. The number of thiazole rings is 1. The van der Waals surface area contributed by atoms with Crippen LogP contribution in [0.4, 0.5) is 0 Å². The summed E-state index contributed by atoms with van der Waals surface area (Å²) in [5, 5.41) is 18.5. The fourth-order valence-electron chi connectivity index (χ4n) is 5.81. The molecule has 3 aromatic rings. The molecule has 38 heavy (non-hydrogen) atoms. The predicted octanol–water partition coefficient (Wildman–Crippen LogP) is 3.35. The molecule has 202 valence electrons. The fraction of sp³-hybridized carbons (Fsp3) is 0.556. The van der Waals surface area contributed by atoms with Crippen LogP contribution in [-0.2, 0) is 0 Å². The number of aliphatic hydroxyl groups is 1. The lowest BCUT2D eigenvalue weighted by molar-refractivity contribution is -0.0846. The third-order valence-electron chi connectivity index (χ3n) is 7.69. The summed E-state index contributed by atoms with van der Waals surface area (Å²) < 4.78 is 13.7. The van der Waals surface area contributed by atoms with Crippen LogP contribution in [0.15, 0.2) is 18.3 Å². The van der Waals surface area contributed by atoms with Gasteiger partial charge in [-0.15, -0.1) is 11.3 Å². The average molecular weight is 540 g/mol. The number of fused-ring (bicyclic) bond motifs is 1. The molecule has 0 unspecified atom stereocenters. The summed E-state index contributed by atoms with van der Waals surface area (Å²) in [4.78, 5) is 29.5. The van der Waals surface area contributed by atoms with Gasteiger partial charge in [0.2, 0.25) is 5.88 Å². The van der Waals surface area contributed by atoms with E-state index in [-0.39, 0.29) is 30.1 Å². The number of carbonyl (C=O) groups is 2. The Morgan fingerprint density at radius 2 is 2.00 bits per heavy atom. The van der Waals surface area contributed by atoms with Crippen molar-refractivity contribution in [1.29, 1.82) is 0 Å². The van der Waals surface area contributed by atoms with Crippen molar-refractivity contribution in [2.75, 3.05) is 6.61 Å². The van der Waals surface area contributed by atoms with Crippen LogP contribution in [0.1, 0.15) is 89.0 Å². The topological polar surface area (TPSA) is 141 Å². The van der Waals surface area contributed by atoms with Gasteiger partial charge < -0.3 is 25.6 Å². The van der Waals surface area contributed by atoms with Crippen molar-refractivity contribution in [2.45, 2.75) is 83.0 Å². The van der Waals surface area contributed by atoms with Crippen molar-refractivity contribution in [3.05, 3.63) is 39.5 Å². The van der Waals surface area contributed by atoms with Crippen molar-refractivity contribution < 1.29 is 24.2 Å². The zero-order chi connectivity index (χ0) is 26.8. The Balaban J connectivity index is 1.07. The molecule has 0 aliphatic heterocycles. The molecule has 3 aromatic heterocycles. The first-order chi connectivity index (χ1) is 18.0. The Bertz CT molecular complexity index is 1410. The van der Waals surface area contributed by atoms with Gasteiger partial charge in [0.05, 0.1) is 33.6 Å². The van der Waals surface area contributed by atoms with Crippen molar-refractivity contribution >= 4 is 28.7 Å². The Morgan fingerprint density at radius 3 is 2.66 bits per heavy atom. The minimum atomic E-state index is -0.941. The van der Waals surface area contributed by atoms with E-state index in [1.54, 1.807) is 20.0 Å². The monoisotopic (exact) mass is 539 g/mol. The van der Waals surface area contributed by atoms with Gasteiger partial charge in [-0.2, -0.15) is 5.10 Å². The second-order valence-corrected chi connectivity index (χ2v) is 13.0. The molecule has 11 heteroatoms. The van der Waals surface area contributed by atoms with E-state index in [4.69, 9.17) is 15.2 Å². The van der Waals surface area contributed by atoms with Crippen LogP contribution in [0.25, 0.3) is 5.52 Å². The zero-order valence-corrected chi connectivity index (χ0v) is 22.6. The predicted molar refractivity (Wildman–Crippen MR) is 141 cm³/mol. The zero-order valence-electron chi connectivity index (χ0n) is 21.8. The van der Waals surface area contributed by atoms with Gasteiger partial charge in [0.25, 0.3) is 11.8 Å². The maximum Gasteiger partial charge on any atom is 0.264 e. The molecule has 3 aliphatic rings.